The van der Waals surface area contributed by atoms with Crippen LogP contribution in [0.2, 0.25) is 0 Å². The van der Waals surface area contributed by atoms with Crippen LogP contribution in [0.4, 0.5) is 0 Å². The van der Waals surface area contributed by atoms with Crippen molar-refractivity contribution in [3.63, 3.8) is 0 Å². The second kappa shape index (κ2) is 8.77. The molecule has 1 fully saturated rings. The second-order valence-electron chi connectivity index (χ2n) is 7.93. The largest absolute Gasteiger partial charge is 0.353 e. The fraction of sp³-hybridized carbons (Fsp3) is 0.944. The molecule has 0 radical (unpaired) electrons. The van der Waals surface area contributed by atoms with E-state index in [0.717, 1.165) is 12.8 Å². The smallest absolute Gasteiger partial charge is 0.220 e. The molecule has 0 aromatic heterocycles. The molecule has 1 aliphatic carbocycles. The summed E-state index contributed by atoms with van der Waals surface area (Å²) in [5.41, 5.74) is 5.94. The lowest BCUT2D eigenvalue weighted by molar-refractivity contribution is -0.122. The lowest BCUT2D eigenvalue weighted by Crippen LogP contribution is -2.39. The number of hydrogen-bond acceptors (Lipinski definition) is 2. The molecule has 1 amide bonds. The van der Waals surface area contributed by atoms with Gasteiger partial charge in [-0.2, -0.15) is 0 Å². The fourth-order valence-electron chi connectivity index (χ4n) is 3.59. The quantitative estimate of drug-likeness (QED) is 0.749. The molecular formula is C18H36N2O. The maximum absolute atomic E-state index is 12.2. The van der Waals surface area contributed by atoms with Crippen LogP contribution in [0.25, 0.3) is 0 Å². The van der Waals surface area contributed by atoms with Crippen molar-refractivity contribution in [2.45, 2.75) is 85.1 Å². The highest BCUT2D eigenvalue weighted by atomic mass is 16.1. The number of carbonyl (C=O) groups excluding carboxylic acids is 1. The highest BCUT2D eigenvalue weighted by molar-refractivity contribution is 5.76. The molecule has 1 unspecified atom stereocenters. The van der Waals surface area contributed by atoms with Crippen molar-refractivity contribution in [3.8, 4) is 0 Å². The average molecular weight is 296 g/mol. The van der Waals surface area contributed by atoms with E-state index in [1.54, 1.807) is 0 Å². The first-order valence-corrected chi connectivity index (χ1v) is 8.84. The van der Waals surface area contributed by atoms with Gasteiger partial charge in [-0.1, -0.05) is 40.0 Å². The van der Waals surface area contributed by atoms with E-state index in [4.69, 9.17) is 5.73 Å². The van der Waals surface area contributed by atoms with E-state index < -0.39 is 0 Å². The monoisotopic (exact) mass is 296 g/mol. The van der Waals surface area contributed by atoms with Crippen LogP contribution in [0, 0.1) is 17.3 Å². The fourth-order valence-corrected chi connectivity index (χ4v) is 3.59. The van der Waals surface area contributed by atoms with Gasteiger partial charge in [-0.15, -0.1) is 0 Å². The Morgan fingerprint density at radius 2 is 1.81 bits per heavy atom. The van der Waals surface area contributed by atoms with Crippen molar-refractivity contribution in [2.75, 3.05) is 6.54 Å². The molecule has 124 valence electrons. The minimum absolute atomic E-state index is 0.222. The van der Waals surface area contributed by atoms with Crippen molar-refractivity contribution in [3.05, 3.63) is 0 Å². The Balaban J connectivity index is 2.34. The number of nitrogens with one attached hydrogen (secondary N) is 1. The van der Waals surface area contributed by atoms with E-state index in [2.05, 4.69) is 33.0 Å². The number of nitrogens with two attached hydrogens (primary N) is 1. The molecule has 21 heavy (non-hydrogen) atoms. The molecule has 0 aromatic rings. The molecule has 0 saturated heterocycles. The van der Waals surface area contributed by atoms with Crippen LogP contribution in [-0.2, 0) is 4.79 Å². The molecule has 1 rings (SSSR count). The maximum Gasteiger partial charge on any atom is 0.220 e. The lowest BCUT2D eigenvalue weighted by Gasteiger charge is -2.31. The van der Waals surface area contributed by atoms with Crippen molar-refractivity contribution in [1.82, 2.24) is 5.32 Å². The van der Waals surface area contributed by atoms with E-state index in [1.807, 2.05) is 0 Å². The normalized spacial score (nSPS) is 20.0. The standard InChI is InChI=1S/C18H36N2O/c1-14(15-8-6-5-7-9-15)20-17(21)11-10-16(12-13-19)18(2,3)4/h14-16H,5-13,19H2,1-4H3,(H,20,21)/t14-,16?/m1/s1. The van der Waals surface area contributed by atoms with Gasteiger partial charge in [0, 0.05) is 12.5 Å². The van der Waals surface area contributed by atoms with Gasteiger partial charge in [-0.3, -0.25) is 4.79 Å². The summed E-state index contributed by atoms with van der Waals surface area (Å²) in [4.78, 5) is 12.2. The molecule has 0 spiro atoms. The Hall–Kier alpha value is -0.570. The van der Waals surface area contributed by atoms with Crippen molar-refractivity contribution in [2.24, 2.45) is 23.0 Å². The van der Waals surface area contributed by atoms with Gasteiger partial charge in [0.05, 0.1) is 0 Å². The highest BCUT2D eigenvalue weighted by Crippen LogP contribution is 2.32. The summed E-state index contributed by atoms with van der Waals surface area (Å²) in [6.07, 6.45) is 9.17. The Morgan fingerprint density at radius 1 is 1.19 bits per heavy atom. The first kappa shape index (κ1) is 18.5. The Kier molecular flexibility index (Phi) is 7.72. The first-order valence-electron chi connectivity index (χ1n) is 8.84. The third kappa shape index (κ3) is 6.82. The Bertz CT molecular complexity index is 303. The van der Waals surface area contributed by atoms with Gasteiger partial charge < -0.3 is 11.1 Å². The Labute approximate surface area is 131 Å². The lowest BCUT2D eigenvalue weighted by atomic mass is 9.76. The van der Waals surface area contributed by atoms with E-state index in [0.29, 0.717) is 30.8 Å². The van der Waals surface area contributed by atoms with Gasteiger partial charge in [-0.25, -0.2) is 0 Å². The molecule has 1 aliphatic rings. The Morgan fingerprint density at radius 3 is 2.33 bits per heavy atom. The minimum Gasteiger partial charge on any atom is -0.353 e. The van der Waals surface area contributed by atoms with Gasteiger partial charge in [0.15, 0.2) is 0 Å². The maximum atomic E-state index is 12.2. The zero-order valence-electron chi connectivity index (χ0n) is 14.6. The van der Waals surface area contributed by atoms with Crippen LogP contribution in [0.5, 0.6) is 0 Å². The van der Waals surface area contributed by atoms with E-state index in [1.165, 1.54) is 32.1 Å². The molecular weight excluding hydrogens is 260 g/mol. The van der Waals surface area contributed by atoms with Crippen LogP contribution < -0.4 is 11.1 Å². The molecule has 1 saturated carbocycles. The van der Waals surface area contributed by atoms with Crippen LogP contribution in [0.3, 0.4) is 0 Å². The van der Waals surface area contributed by atoms with Gasteiger partial charge in [0.25, 0.3) is 0 Å². The van der Waals surface area contributed by atoms with Gasteiger partial charge in [0.1, 0.15) is 0 Å². The number of hydrogen-bond donors (Lipinski definition) is 2. The molecule has 3 heteroatoms. The van der Waals surface area contributed by atoms with E-state index >= 15 is 0 Å². The van der Waals surface area contributed by atoms with Gasteiger partial charge >= 0.3 is 0 Å². The molecule has 0 aromatic carbocycles. The predicted molar refractivity (Wildman–Crippen MR) is 90.0 cm³/mol. The van der Waals surface area contributed by atoms with Crippen LogP contribution in [0.15, 0.2) is 0 Å². The van der Waals surface area contributed by atoms with Gasteiger partial charge in [-0.05, 0) is 56.4 Å². The zero-order chi connectivity index (χ0) is 15.9. The van der Waals surface area contributed by atoms with Crippen LogP contribution >= 0.6 is 0 Å². The third-order valence-electron chi connectivity index (χ3n) is 5.21. The molecule has 2 atom stereocenters. The number of carbonyl (C=O) groups is 1. The topological polar surface area (TPSA) is 55.1 Å². The summed E-state index contributed by atoms with van der Waals surface area (Å²) >= 11 is 0. The molecule has 0 bridgehead atoms. The summed E-state index contributed by atoms with van der Waals surface area (Å²) in [6.45, 7) is 9.62. The van der Waals surface area contributed by atoms with Crippen LogP contribution in [-0.4, -0.2) is 18.5 Å². The molecule has 3 nitrogen and oxygen atoms in total. The van der Waals surface area contributed by atoms with E-state index in [-0.39, 0.29) is 11.3 Å². The molecule has 0 aliphatic heterocycles. The summed E-state index contributed by atoms with van der Waals surface area (Å²) in [6, 6.07) is 0.334. The predicted octanol–water partition coefficient (Wildman–Crippen LogP) is 3.86. The van der Waals surface area contributed by atoms with Crippen molar-refractivity contribution < 1.29 is 4.79 Å². The van der Waals surface area contributed by atoms with Crippen molar-refractivity contribution in [1.29, 1.82) is 0 Å². The zero-order valence-corrected chi connectivity index (χ0v) is 14.6. The summed E-state index contributed by atoms with van der Waals surface area (Å²) in [5, 5.41) is 3.23. The average Bonchev–Trinajstić information content (AvgIpc) is 2.43. The molecule has 0 heterocycles. The number of rotatable bonds is 7. The van der Waals surface area contributed by atoms with E-state index in [9.17, 15) is 4.79 Å². The summed E-state index contributed by atoms with van der Waals surface area (Å²) in [5.74, 6) is 1.43. The number of amides is 1. The van der Waals surface area contributed by atoms with Crippen LogP contribution in [0.1, 0.15) is 79.1 Å². The summed E-state index contributed by atoms with van der Waals surface area (Å²) in [7, 11) is 0. The SMILES string of the molecule is C[C@@H](NC(=O)CCC(CCN)C(C)(C)C)C1CCCCC1. The van der Waals surface area contributed by atoms with Crippen molar-refractivity contribution >= 4 is 5.91 Å². The second-order valence-corrected chi connectivity index (χ2v) is 7.93. The molecule has 3 N–H and O–H groups in total. The highest BCUT2D eigenvalue weighted by Gasteiger charge is 2.25. The minimum atomic E-state index is 0.222. The van der Waals surface area contributed by atoms with Gasteiger partial charge in [0.2, 0.25) is 5.91 Å². The third-order valence-corrected chi connectivity index (χ3v) is 5.21. The summed E-state index contributed by atoms with van der Waals surface area (Å²) < 4.78 is 0. The first-order chi connectivity index (χ1) is 9.84.